The number of nitrogens with zero attached hydrogens (tertiary/aromatic N) is 2. The normalized spacial score (nSPS) is 18.5. The lowest BCUT2D eigenvalue weighted by Crippen LogP contribution is -2.59. The van der Waals surface area contributed by atoms with Gasteiger partial charge in [0.1, 0.15) is 6.04 Å². The molecule has 53 heavy (non-hydrogen) atoms. The highest BCUT2D eigenvalue weighted by Crippen LogP contribution is 2.29. The van der Waals surface area contributed by atoms with Crippen molar-refractivity contribution in [2.24, 2.45) is 23.7 Å². The third kappa shape index (κ3) is 12.0. The molecule has 1 aromatic rings. The molecule has 0 saturated carbocycles. The minimum absolute atomic E-state index is 0.0182. The van der Waals surface area contributed by atoms with E-state index in [1.165, 1.54) is 7.11 Å². The van der Waals surface area contributed by atoms with Gasteiger partial charge in [0, 0.05) is 34.4 Å². The molecule has 1 aliphatic heterocycles. The van der Waals surface area contributed by atoms with Crippen LogP contribution in [0, 0.1) is 23.7 Å². The predicted octanol–water partition coefficient (Wildman–Crippen LogP) is 3.44. The van der Waals surface area contributed by atoms with Crippen LogP contribution in [0.1, 0.15) is 90.1 Å². The van der Waals surface area contributed by atoms with Crippen molar-refractivity contribution < 1.29 is 38.2 Å². The Morgan fingerprint density at radius 3 is 2.11 bits per heavy atom. The fourth-order valence-electron chi connectivity index (χ4n) is 7.58. The molecule has 300 valence electrons. The summed E-state index contributed by atoms with van der Waals surface area (Å²) in [7, 11) is 7.91. The lowest BCUT2D eigenvalue weighted by atomic mass is 9.89. The van der Waals surface area contributed by atoms with E-state index in [0.29, 0.717) is 31.5 Å². The van der Waals surface area contributed by atoms with Gasteiger partial charge in [-0.05, 0) is 55.7 Å². The SMILES string of the molecule is CCC(C)C([C@@H](CC(=O)N1CCC[C@H]1[C@H](OC)[C@@H](C)C(=O)NCCc1ccccc1C(=O)OC)OC)N(C)C(=O)[C@@H](NC(=O)C(NC)C(C)C)C(C)C. The molecule has 3 unspecified atom stereocenters. The maximum absolute atomic E-state index is 14.1. The fourth-order valence-corrected chi connectivity index (χ4v) is 7.58. The van der Waals surface area contributed by atoms with Crippen LogP contribution in [0.3, 0.4) is 0 Å². The van der Waals surface area contributed by atoms with E-state index in [4.69, 9.17) is 14.2 Å². The Hall–Kier alpha value is -3.55. The van der Waals surface area contributed by atoms with Gasteiger partial charge in [0.25, 0.3) is 0 Å². The zero-order valence-electron chi connectivity index (χ0n) is 34.2. The zero-order chi connectivity index (χ0) is 40.0. The molecule has 8 atom stereocenters. The van der Waals surface area contributed by atoms with Gasteiger partial charge in [-0.1, -0.05) is 73.1 Å². The van der Waals surface area contributed by atoms with Crippen LogP contribution in [0.4, 0.5) is 0 Å². The fraction of sp³-hybridized carbons (Fsp3) is 0.725. The first-order chi connectivity index (χ1) is 25.1. The number of likely N-dealkylation sites (tertiary alicyclic amines) is 1. The summed E-state index contributed by atoms with van der Waals surface area (Å²) in [6, 6.07) is 5.16. The quantitative estimate of drug-likeness (QED) is 0.161. The first-order valence-electron chi connectivity index (χ1n) is 19.1. The maximum atomic E-state index is 14.1. The number of likely N-dealkylation sites (N-methyl/N-ethyl adjacent to an activating group) is 2. The summed E-state index contributed by atoms with van der Waals surface area (Å²) in [6.07, 6.45) is 1.49. The summed E-state index contributed by atoms with van der Waals surface area (Å²) in [5, 5.41) is 9.01. The van der Waals surface area contributed by atoms with Gasteiger partial charge in [0.2, 0.25) is 23.6 Å². The van der Waals surface area contributed by atoms with E-state index in [1.54, 1.807) is 57.2 Å². The van der Waals surface area contributed by atoms with Crippen LogP contribution in [0.15, 0.2) is 24.3 Å². The van der Waals surface area contributed by atoms with Crippen LogP contribution in [0.5, 0.6) is 0 Å². The molecule has 3 N–H and O–H groups in total. The molecule has 1 aliphatic rings. The largest absolute Gasteiger partial charge is 0.465 e. The van der Waals surface area contributed by atoms with E-state index < -0.39 is 42.2 Å². The van der Waals surface area contributed by atoms with Crippen LogP contribution >= 0.6 is 0 Å². The molecule has 1 heterocycles. The van der Waals surface area contributed by atoms with Crippen molar-refractivity contribution in [3.63, 3.8) is 0 Å². The third-order valence-corrected chi connectivity index (χ3v) is 10.9. The molecule has 13 nitrogen and oxygen atoms in total. The van der Waals surface area contributed by atoms with Crippen LogP contribution in [0.25, 0.3) is 0 Å². The van der Waals surface area contributed by atoms with Gasteiger partial charge in [-0.3, -0.25) is 19.2 Å². The Bertz CT molecular complexity index is 1360. The van der Waals surface area contributed by atoms with Crippen molar-refractivity contribution >= 4 is 29.6 Å². The molecule has 0 aromatic heterocycles. The smallest absolute Gasteiger partial charge is 0.338 e. The number of rotatable bonds is 21. The molecule has 0 aliphatic carbocycles. The van der Waals surface area contributed by atoms with Crippen molar-refractivity contribution in [1.29, 1.82) is 0 Å². The highest BCUT2D eigenvalue weighted by molar-refractivity contribution is 5.91. The summed E-state index contributed by atoms with van der Waals surface area (Å²) < 4.78 is 16.8. The maximum Gasteiger partial charge on any atom is 0.338 e. The van der Waals surface area contributed by atoms with Gasteiger partial charge in [-0.15, -0.1) is 0 Å². The highest BCUT2D eigenvalue weighted by atomic mass is 16.5. The van der Waals surface area contributed by atoms with Crippen molar-refractivity contribution in [3.8, 4) is 0 Å². The summed E-state index contributed by atoms with van der Waals surface area (Å²) >= 11 is 0. The van der Waals surface area contributed by atoms with Crippen molar-refractivity contribution in [2.45, 2.75) is 117 Å². The number of hydrogen-bond acceptors (Lipinski definition) is 9. The Labute approximate surface area is 317 Å². The standard InChI is InChI=1S/C40H67N5O8/c1-13-26(6)35(44(9)39(49)34(25(4)5)43-38(48)33(41-8)24(2)3)31(51-10)23-32(46)45-22-16-19-30(45)36(52-11)27(7)37(47)42-21-20-28-17-14-15-18-29(28)40(50)53-12/h14-15,17-18,24-27,30-31,33-36,41H,13,16,19-23H2,1-12H3,(H,42,47)(H,43,48)/t26?,27-,30+,31-,33?,34+,35?,36-/m1/s1. The second-order valence-electron chi connectivity index (χ2n) is 15.0. The number of ether oxygens (including phenoxy) is 3. The van der Waals surface area contributed by atoms with Gasteiger partial charge in [-0.2, -0.15) is 0 Å². The zero-order valence-corrected chi connectivity index (χ0v) is 34.2. The number of carbonyl (C=O) groups excluding carboxylic acids is 5. The van der Waals surface area contributed by atoms with Crippen LogP contribution < -0.4 is 16.0 Å². The first kappa shape index (κ1) is 45.6. The minimum Gasteiger partial charge on any atom is -0.465 e. The second-order valence-corrected chi connectivity index (χ2v) is 15.0. The molecule has 1 aromatic carbocycles. The van der Waals surface area contributed by atoms with E-state index in [1.807, 2.05) is 53.7 Å². The number of hydrogen-bond donors (Lipinski definition) is 3. The number of carbonyl (C=O) groups is 5. The van der Waals surface area contributed by atoms with Gasteiger partial charge in [0.15, 0.2) is 0 Å². The van der Waals surface area contributed by atoms with Gasteiger partial charge in [-0.25, -0.2) is 4.79 Å². The molecule has 0 bridgehead atoms. The average molecular weight is 746 g/mol. The molecule has 1 saturated heterocycles. The summed E-state index contributed by atoms with van der Waals surface area (Å²) in [6.45, 7) is 14.4. The van der Waals surface area contributed by atoms with Crippen molar-refractivity contribution in [3.05, 3.63) is 35.4 Å². The Morgan fingerprint density at radius 1 is 0.925 bits per heavy atom. The van der Waals surface area contributed by atoms with Crippen molar-refractivity contribution in [2.75, 3.05) is 48.5 Å². The van der Waals surface area contributed by atoms with E-state index in [-0.39, 0.29) is 53.8 Å². The first-order valence-corrected chi connectivity index (χ1v) is 19.1. The number of benzene rings is 1. The number of esters is 1. The Kier molecular flexibility index (Phi) is 18.9. The number of amides is 4. The number of methoxy groups -OCH3 is 3. The molecule has 13 heteroatoms. The van der Waals surface area contributed by atoms with Crippen LogP contribution in [0.2, 0.25) is 0 Å². The van der Waals surface area contributed by atoms with Gasteiger partial charge in [0.05, 0.1) is 55.3 Å². The molecule has 2 rings (SSSR count). The van der Waals surface area contributed by atoms with Crippen LogP contribution in [-0.4, -0.2) is 124 Å². The Morgan fingerprint density at radius 2 is 1.57 bits per heavy atom. The monoisotopic (exact) mass is 745 g/mol. The molecular formula is C40H67N5O8. The highest BCUT2D eigenvalue weighted by Gasteiger charge is 2.43. The predicted molar refractivity (Wildman–Crippen MR) is 205 cm³/mol. The van der Waals surface area contributed by atoms with E-state index >= 15 is 0 Å². The van der Waals surface area contributed by atoms with Gasteiger partial charge < -0.3 is 40.0 Å². The van der Waals surface area contributed by atoms with E-state index in [9.17, 15) is 24.0 Å². The molecular weight excluding hydrogens is 678 g/mol. The molecule has 0 radical (unpaired) electrons. The summed E-state index contributed by atoms with van der Waals surface area (Å²) in [5.41, 5.74) is 1.24. The number of nitrogens with one attached hydrogen (secondary N) is 3. The summed E-state index contributed by atoms with van der Waals surface area (Å²) in [4.78, 5) is 70.4. The topological polar surface area (TPSA) is 156 Å². The average Bonchev–Trinajstić information content (AvgIpc) is 3.62. The minimum atomic E-state index is -0.762. The van der Waals surface area contributed by atoms with E-state index in [0.717, 1.165) is 18.4 Å². The second kappa shape index (κ2) is 22.0. The lowest BCUT2D eigenvalue weighted by molar-refractivity contribution is -0.147. The van der Waals surface area contributed by atoms with Crippen LogP contribution in [-0.2, 0) is 39.8 Å². The van der Waals surface area contributed by atoms with Crippen molar-refractivity contribution in [1.82, 2.24) is 25.8 Å². The lowest BCUT2D eigenvalue weighted by Gasteiger charge is -2.41. The molecule has 0 spiro atoms. The van der Waals surface area contributed by atoms with Gasteiger partial charge >= 0.3 is 5.97 Å². The van der Waals surface area contributed by atoms with E-state index in [2.05, 4.69) is 16.0 Å². The molecule has 1 fully saturated rings. The third-order valence-electron chi connectivity index (χ3n) is 10.9. The summed E-state index contributed by atoms with van der Waals surface area (Å²) in [5.74, 6) is -1.97. The molecule has 4 amide bonds. The Balaban J connectivity index is 2.20.